The minimum Gasteiger partial charge on any atom is -0.360 e. The number of rotatable bonds is 5. The van der Waals surface area contributed by atoms with Gasteiger partial charge in [-0.25, -0.2) is 0 Å². The van der Waals surface area contributed by atoms with Gasteiger partial charge >= 0.3 is 0 Å². The standard InChI is InChI=1S/C28H23N3O3/c32-26(23-15-29-24-12-6-5-9-20(23)24)17-30-14-13-18-7-1-2-8-19(18)25(30)16-31-27(33)21-10-3-4-11-22(21)28(31)34/h1-12,15,25,29H,13-14,16-17H2/t25-/m1/s1. The van der Waals surface area contributed by atoms with Crippen molar-refractivity contribution in [3.63, 3.8) is 0 Å². The molecule has 6 nitrogen and oxygen atoms in total. The van der Waals surface area contributed by atoms with E-state index in [1.807, 2.05) is 42.5 Å². The molecule has 168 valence electrons. The van der Waals surface area contributed by atoms with Gasteiger partial charge in [-0.15, -0.1) is 0 Å². The number of ketones is 1. The largest absolute Gasteiger partial charge is 0.360 e. The molecular weight excluding hydrogens is 426 g/mol. The summed E-state index contributed by atoms with van der Waals surface area (Å²) < 4.78 is 0. The average Bonchev–Trinajstić information content (AvgIpc) is 3.41. The van der Waals surface area contributed by atoms with Crippen molar-refractivity contribution in [2.75, 3.05) is 19.6 Å². The summed E-state index contributed by atoms with van der Waals surface area (Å²) in [6.07, 6.45) is 2.58. The van der Waals surface area contributed by atoms with E-state index in [0.717, 1.165) is 22.9 Å². The molecule has 2 aliphatic rings. The Balaban J connectivity index is 1.32. The molecule has 0 saturated heterocycles. The first kappa shape index (κ1) is 20.6. The van der Waals surface area contributed by atoms with E-state index in [4.69, 9.17) is 0 Å². The van der Waals surface area contributed by atoms with Gasteiger partial charge in [-0.1, -0.05) is 54.6 Å². The van der Waals surface area contributed by atoms with Gasteiger partial charge in [0.1, 0.15) is 0 Å². The Morgan fingerprint density at radius 3 is 2.35 bits per heavy atom. The minimum absolute atomic E-state index is 0.0178. The summed E-state index contributed by atoms with van der Waals surface area (Å²) in [5.74, 6) is -0.526. The summed E-state index contributed by atoms with van der Waals surface area (Å²) >= 11 is 0. The first-order valence-electron chi connectivity index (χ1n) is 11.5. The van der Waals surface area contributed by atoms with Crippen LogP contribution in [-0.4, -0.2) is 52.0 Å². The van der Waals surface area contributed by atoms with Crippen LogP contribution >= 0.6 is 0 Å². The molecule has 1 N–H and O–H groups in total. The number of H-pyrrole nitrogens is 1. The van der Waals surface area contributed by atoms with Crippen LogP contribution in [0.2, 0.25) is 0 Å². The van der Waals surface area contributed by atoms with Crippen molar-refractivity contribution in [3.8, 4) is 0 Å². The highest BCUT2D eigenvalue weighted by atomic mass is 16.2. The Kier molecular flexibility index (Phi) is 4.89. The third kappa shape index (κ3) is 3.26. The third-order valence-electron chi connectivity index (χ3n) is 6.99. The fraction of sp³-hybridized carbons (Fsp3) is 0.179. The van der Waals surface area contributed by atoms with E-state index < -0.39 is 0 Å². The maximum absolute atomic E-state index is 13.4. The lowest BCUT2D eigenvalue weighted by molar-refractivity contribution is 0.0574. The van der Waals surface area contributed by atoms with Crippen LogP contribution in [0.4, 0.5) is 0 Å². The zero-order valence-corrected chi connectivity index (χ0v) is 18.5. The minimum atomic E-state index is -0.272. The summed E-state index contributed by atoms with van der Waals surface area (Å²) in [7, 11) is 0. The van der Waals surface area contributed by atoms with Crippen LogP contribution < -0.4 is 0 Å². The van der Waals surface area contributed by atoms with Crippen molar-refractivity contribution in [2.24, 2.45) is 0 Å². The smallest absolute Gasteiger partial charge is 0.261 e. The number of Topliss-reactive ketones (excluding diaryl/α,β-unsaturated/α-hetero) is 1. The van der Waals surface area contributed by atoms with E-state index in [-0.39, 0.29) is 36.7 Å². The van der Waals surface area contributed by atoms with E-state index in [2.05, 4.69) is 16.0 Å². The number of hydrogen-bond acceptors (Lipinski definition) is 4. The predicted octanol–water partition coefficient (Wildman–Crippen LogP) is 4.25. The Labute approximate surface area is 196 Å². The van der Waals surface area contributed by atoms with Gasteiger partial charge in [-0.2, -0.15) is 0 Å². The maximum atomic E-state index is 13.4. The van der Waals surface area contributed by atoms with Crippen LogP contribution in [-0.2, 0) is 6.42 Å². The van der Waals surface area contributed by atoms with E-state index >= 15 is 0 Å². The molecule has 4 aromatic rings. The van der Waals surface area contributed by atoms with Gasteiger partial charge in [0.15, 0.2) is 5.78 Å². The summed E-state index contributed by atoms with van der Waals surface area (Å²) in [5.41, 5.74) is 4.74. The first-order valence-corrected chi connectivity index (χ1v) is 11.5. The maximum Gasteiger partial charge on any atom is 0.261 e. The molecule has 3 heterocycles. The fourth-order valence-electron chi connectivity index (χ4n) is 5.26. The molecule has 3 aromatic carbocycles. The van der Waals surface area contributed by atoms with Crippen LogP contribution in [0.3, 0.4) is 0 Å². The number of carbonyl (C=O) groups is 3. The van der Waals surface area contributed by atoms with Crippen molar-refractivity contribution in [3.05, 3.63) is 107 Å². The van der Waals surface area contributed by atoms with E-state index in [0.29, 0.717) is 23.2 Å². The van der Waals surface area contributed by atoms with Crippen LogP contribution in [0.15, 0.2) is 79.0 Å². The SMILES string of the molecule is O=C(CN1CCc2ccccc2[C@H]1CN1C(=O)c2ccccc2C1=O)c1c[nH]c2ccccc12. The van der Waals surface area contributed by atoms with Gasteiger partial charge < -0.3 is 4.98 Å². The van der Waals surface area contributed by atoms with Gasteiger partial charge in [0.25, 0.3) is 11.8 Å². The van der Waals surface area contributed by atoms with Crippen LogP contribution in [0.25, 0.3) is 10.9 Å². The first-order chi connectivity index (χ1) is 16.6. The second-order valence-corrected chi connectivity index (χ2v) is 8.87. The summed E-state index contributed by atoms with van der Waals surface area (Å²) in [4.78, 5) is 46.1. The highest BCUT2D eigenvalue weighted by molar-refractivity contribution is 6.21. The molecule has 0 unspecified atom stereocenters. The molecule has 6 heteroatoms. The normalized spacial score (nSPS) is 17.8. The molecule has 2 amide bonds. The van der Waals surface area contributed by atoms with Crippen molar-refractivity contribution < 1.29 is 14.4 Å². The molecule has 1 atom stereocenters. The van der Waals surface area contributed by atoms with E-state index in [1.54, 1.807) is 30.5 Å². The van der Waals surface area contributed by atoms with Crippen molar-refractivity contribution in [1.82, 2.24) is 14.8 Å². The van der Waals surface area contributed by atoms with Crippen molar-refractivity contribution in [1.29, 1.82) is 0 Å². The Hall–Kier alpha value is -4.03. The van der Waals surface area contributed by atoms with Gasteiger partial charge in [0.2, 0.25) is 0 Å². The second-order valence-electron chi connectivity index (χ2n) is 8.87. The molecule has 0 radical (unpaired) electrons. The molecular formula is C28H23N3O3. The molecule has 0 aliphatic carbocycles. The lowest BCUT2D eigenvalue weighted by Gasteiger charge is -2.38. The van der Waals surface area contributed by atoms with Gasteiger partial charge in [0, 0.05) is 35.8 Å². The molecule has 0 spiro atoms. The molecule has 34 heavy (non-hydrogen) atoms. The van der Waals surface area contributed by atoms with Gasteiger partial charge in [-0.05, 0) is 35.7 Å². The van der Waals surface area contributed by atoms with Crippen LogP contribution in [0.5, 0.6) is 0 Å². The van der Waals surface area contributed by atoms with Crippen LogP contribution in [0, 0.1) is 0 Å². The van der Waals surface area contributed by atoms with E-state index in [9.17, 15) is 14.4 Å². The molecule has 1 aromatic heterocycles. The Morgan fingerprint density at radius 2 is 1.56 bits per heavy atom. The summed E-state index contributed by atoms with van der Waals surface area (Å²) in [6.45, 7) is 1.10. The average molecular weight is 450 g/mol. The Morgan fingerprint density at radius 1 is 0.882 bits per heavy atom. The summed E-state index contributed by atoms with van der Waals surface area (Å²) in [5, 5.41) is 0.904. The second kappa shape index (κ2) is 8.08. The number of carbonyl (C=O) groups excluding carboxylic acids is 3. The number of nitrogens with zero attached hydrogens (tertiary/aromatic N) is 2. The lowest BCUT2D eigenvalue weighted by Crippen LogP contribution is -2.45. The predicted molar refractivity (Wildman–Crippen MR) is 129 cm³/mol. The van der Waals surface area contributed by atoms with Gasteiger partial charge in [0.05, 0.1) is 23.7 Å². The molecule has 0 fully saturated rings. The highest BCUT2D eigenvalue weighted by Gasteiger charge is 2.39. The number of amides is 2. The number of benzene rings is 3. The summed E-state index contributed by atoms with van der Waals surface area (Å²) in [6, 6.07) is 22.6. The van der Waals surface area contributed by atoms with E-state index in [1.165, 1.54) is 10.5 Å². The fourth-order valence-corrected chi connectivity index (χ4v) is 5.26. The molecule has 0 bridgehead atoms. The monoisotopic (exact) mass is 449 g/mol. The number of aromatic amines is 1. The number of imide groups is 1. The number of para-hydroxylation sites is 1. The number of nitrogens with one attached hydrogen (secondary N) is 1. The van der Waals surface area contributed by atoms with Crippen molar-refractivity contribution >= 4 is 28.5 Å². The molecule has 0 saturated carbocycles. The number of aromatic nitrogens is 1. The highest BCUT2D eigenvalue weighted by Crippen LogP contribution is 2.33. The molecule has 2 aliphatic heterocycles. The quantitative estimate of drug-likeness (QED) is 0.365. The third-order valence-corrected chi connectivity index (χ3v) is 6.99. The molecule has 6 rings (SSSR count). The number of fused-ring (bicyclic) bond motifs is 3. The topological polar surface area (TPSA) is 73.5 Å². The van der Waals surface area contributed by atoms with Crippen LogP contribution in [0.1, 0.15) is 48.2 Å². The van der Waals surface area contributed by atoms with Crippen molar-refractivity contribution in [2.45, 2.75) is 12.5 Å². The lowest BCUT2D eigenvalue weighted by atomic mass is 9.91. The number of hydrogen-bond donors (Lipinski definition) is 1. The van der Waals surface area contributed by atoms with Gasteiger partial charge in [-0.3, -0.25) is 24.2 Å². The zero-order valence-electron chi connectivity index (χ0n) is 18.5. The zero-order chi connectivity index (χ0) is 23.2. The Bertz CT molecular complexity index is 1420.